The number of nitrogens with zero attached hydrogens (tertiary/aromatic N) is 1. The van der Waals surface area contributed by atoms with Crippen molar-refractivity contribution in [3.8, 4) is 11.3 Å². The molecule has 0 saturated carbocycles. The molecule has 1 aliphatic heterocycles. The molecule has 1 aliphatic rings. The Morgan fingerprint density at radius 2 is 2.21 bits per heavy atom. The van der Waals surface area contributed by atoms with Crippen LogP contribution in [0.25, 0.3) is 11.3 Å². The smallest absolute Gasteiger partial charge is 0.132 e. The molecule has 0 radical (unpaired) electrons. The highest BCUT2D eigenvalue weighted by Crippen LogP contribution is 2.28. The van der Waals surface area contributed by atoms with Gasteiger partial charge in [-0.05, 0) is 43.7 Å². The van der Waals surface area contributed by atoms with Crippen LogP contribution >= 0.6 is 15.9 Å². The summed E-state index contributed by atoms with van der Waals surface area (Å²) < 4.78 is 14.7. The third kappa shape index (κ3) is 2.72. The molecule has 0 amide bonds. The van der Waals surface area contributed by atoms with E-state index in [1.54, 1.807) is 12.1 Å². The lowest BCUT2D eigenvalue weighted by molar-refractivity contribution is 0.454. The molecule has 1 fully saturated rings. The Bertz CT molecular complexity index is 576. The first-order valence-corrected chi connectivity index (χ1v) is 7.25. The van der Waals surface area contributed by atoms with Gasteiger partial charge in [-0.1, -0.05) is 15.9 Å². The molecular formula is C14H15BrFN3. The molecular weight excluding hydrogens is 309 g/mol. The molecule has 2 N–H and O–H groups in total. The van der Waals surface area contributed by atoms with Gasteiger partial charge in [-0.15, -0.1) is 0 Å². The van der Waals surface area contributed by atoms with Crippen LogP contribution in [0.3, 0.4) is 0 Å². The van der Waals surface area contributed by atoms with E-state index in [1.165, 1.54) is 12.5 Å². The Balaban J connectivity index is 1.89. The van der Waals surface area contributed by atoms with Crippen LogP contribution in [0.5, 0.6) is 0 Å². The Kier molecular flexibility index (Phi) is 3.66. The maximum atomic E-state index is 13.8. The second kappa shape index (κ2) is 5.43. The van der Waals surface area contributed by atoms with E-state index >= 15 is 0 Å². The van der Waals surface area contributed by atoms with E-state index in [0.717, 1.165) is 29.7 Å². The highest BCUT2D eigenvalue weighted by Gasteiger charge is 2.18. The fourth-order valence-electron chi connectivity index (χ4n) is 2.49. The zero-order chi connectivity index (χ0) is 13.2. The summed E-state index contributed by atoms with van der Waals surface area (Å²) in [7, 11) is 0. The summed E-state index contributed by atoms with van der Waals surface area (Å²) in [4.78, 5) is 0. The van der Waals surface area contributed by atoms with Gasteiger partial charge in [0.05, 0.1) is 5.69 Å². The Hall–Kier alpha value is -1.20. The van der Waals surface area contributed by atoms with E-state index in [2.05, 4.69) is 31.4 Å². The molecule has 1 unspecified atom stereocenters. The van der Waals surface area contributed by atoms with Gasteiger partial charge in [0.15, 0.2) is 0 Å². The molecule has 2 heterocycles. The molecule has 3 rings (SSSR count). The third-order valence-corrected chi connectivity index (χ3v) is 4.03. The Morgan fingerprint density at radius 3 is 3.00 bits per heavy atom. The Labute approximate surface area is 119 Å². The minimum absolute atomic E-state index is 0.247. The largest absolute Gasteiger partial charge is 0.316 e. The average molecular weight is 324 g/mol. The van der Waals surface area contributed by atoms with Crippen molar-refractivity contribution in [1.82, 2.24) is 15.5 Å². The fourth-order valence-corrected chi connectivity index (χ4v) is 2.86. The highest BCUT2D eigenvalue weighted by atomic mass is 79.9. The number of aromatic nitrogens is 2. The van der Waals surface area contributed by atoms with E-state index in [-0.39, 0.29) is 5.82 Å². The van der Waals surface area contributed by atoms with Crippen molar-refractivity contribution in [3.05, 3.63) is 40.2 Å². The molecule has 1 atom stereocenters. The van der Waals surface area contributed by atoms with Gasteiger partial charge >= 0.3 is 0 Å². The lowest BCUT2D eigenvalue weighted by Gasteiger charge is -2.21. The molecule has 3 nitrogen and oxygen atoms in total. The predicted molar refractivity (Wildman–Crippen MR) is 76.5 cm³/mol. The second-order valence-corrected chi connectivity index (χ2v) is 5.79. The summed E-state index contributed by atoms with van der Waals surface area (Å²) in [6.07, 6.45) is 2.32. The van der Waals surface area contributed by atoms with Crippen LogP contribution in [0.4, 0.5) is 4.39 Å². The molecule has 0 aliphatic carbocycles. The number of halogens is 2. The zero-order valence-electron chi connectivity index (χ0n) is 10.4. The number of rotatable bonds is 2. The van der Waals surface area contributed by atoms with Crippen LogP contribution < -0.4 is 5.32 Å². The molecule has 1 aromatic carbocycles. The molecule has 1 aromatic heterocycles. The first-order valence-electron chi connectivity index (χ1n) is 6.45. The van der Waals surface area contributed by atoms with Gasteiger partial charge in [0.25, 0.3) is 0 Å². The quantitative estimate of drug-likeness (QED) is 0.888. The monoisotopic (exact) mass is 323 g/mol. The van der Waals surface area contributed by atoms with E-state index in [0.29, 0.717) is 17.2 Å². The van der Waals surface area contributed by atoms with Gasteiger partial charge in [-0.2, -0.15) is 5.10 Å². The van der Waals surface area contributed by atoms with Crippen molar-refractivity contribution in [3.63, 3.8) is 0 Å². The zero-order valence-corrected chi connectivity index (χ0v) is 12.0. The third-order valence-electron chi connectivity index (χ3n) is 3.54. The van der Waals surface area contributed by atoms with Gasteiger partial charge in [-0.3, -0.25) is 5.10 Å². The van der Waals surface area contributed by atoms with Crippen molar-refractivity contribution in [1.29, 1.82) is 0 Å². The van der Waals surface area contributed by atoms with Gasteiger partial charge in [0.2, 0.25) is 0 Å². The predicted octanol–water partition coefficient (Wildman–Crippen LogP) is 3.45. The van der Waals surface area contributed by atoms with E-state index < -0.39 is 0 Å². The summed E-state index contributed by atoms with van der Waals surface area (Å²) in [5.41, 5.74) is 2.28. The number of hydrogen-bond donors (Lipinski definition) is 2. The summed E-state index contributed by atoms with van der Waals surface area (Å²) in [5, 5.41) is 10.7. The number of nitrogens with one attached hydrogen (secondary N) is 2. The number of benzene rings is 1. The maximum Gasteiger partial charge on any atom is 0.132 e. The van der Waals surface area contributed by atoms with Gasteiger partial charge < -0.3 is 5.32 Å². The molecule has 2 aromatic rings. The molecule has 19 heavy (non-hydrogen) atoms. The second-order valence-electron chi connectivity index (χ2n) is 4.88. The van der Waals surface area contributed by atoms with E-state index in [4.69, 9.17) is 0 Å². The Morgan fingerprint density at radius 1 is 1.32 bits per heavy atom. The summed E-state index contributed by atoms with van der Waals surface area (Å²) in [5.74, 6) is 0.202. The maximum absolute atomic E-state index is 13.8. The molecule has 0 spiro atoms. The molecule has 5 heteroatoms. The first-order chi connectivity index (χ1) is 9.24. The highest BCUT2D eigenvalue weighted by molar-refractivity contribution is 9.10. The van der Waals surface area contributed by atoms with E-state index in [9.17, 15) is 4.39 Å². The standard InChI is InChI=1S/C14H15BrFN3/c15-10-3-4-12(16)11(6-10)14-7-13(18-19-14)9-2-1-5-17-8-9/h3-4,6-7,9,17H,1-2,5,8H2,(H,18,19). The number of hydrogen-bond acceptors (Lipinski definition) is 2. The SMILES string of the molecule is Fc1ccc(Br)cc1-c1cc(C2CCCNC2)[nH]n1. The van der Waals surface area contributed by atoms with Crippen LogP contribution in [0, 0.1) is 5.82 Å². The van der Waals surface area contributed by atoms with Crippen molar-refractivity contribution in [2.24, 2.45) is 0 Å². The summed E-state index contributed by atoms with van der Waals surface area (Å²) in [6.45, 7) is 2.04. The van der Waals surface area contributed by atoms with Crippen molar-refractivity contribution >= 4 is 15.9 Å². The minimum Gasteiger partial charge on any atom is -0.316 e. The van der Waals surface area contributed by atoms with Crippen LogP contribution in [-0.2, 0) is 0 Å². The van der Waals surface area contributed by atoms with Gasteiger partial charge in [-0.25, -0.2) is 4.39 Å². The number of aromatic amines is 1. The van der Waals surface area contributed by atoms with Crippen molar-refractivity contribution < 1.29 is 4.39 Å². The normalized spacial score (nSPS) is 19.6. The molecule has 1 saturated heterocycles. The summed E-state index contributed by atoms with van der Waals surface area (Å²) >= 11 is 3.36. The van der Waals surface area contributed by atoms with Crippen LogP contribution in [0.15, 0.2) is 28.7 Å². The minimum atomic E-state index is -0.247. The topological polar surface area (TPSA) is 40.7 Å². The lowest BCUT2D eigenvalue weighted by atomic mass is 9.96. The lowest BCUT2D eigenvalue weighted by Crippen LogP contribution is -2.28. The number of piperidine rings is 1. The summed E-state index contributed by atoms with van der Waals surface area (Å²) in [6, 6.07) is 6.87. The molecule has 0 bridgehead atoms. The van der Waals surface area contributed by atoms with Crippen molar-refractivity contribution in [2.45, 2.75) is 18.8 Å². The van der Waals surface area contributed by atoms with Crippen LogP contribution in [0.1, 0.15) is 24.5 Å². The molecule has 100 valence electrons. The van der Waals surface area contributed by atoms with Crippen LogP contribution in [0.2, 0.25) is 0 Å². The van der Waals surface area contributed by atoms with Crippen molar-refractivity contribution in [2.75, 3.05) is 13.1 Å². The average Bonchev–Trinajstić information content (AvgIpc) is 2.92. The van der Waals surface area contributed by atoms with Gasteiger partial charge in [0.1, 0.15) is 5.82 Å². The number of H-pyrrole nitrogens is 1. The van der Waals surface area contributed by atoms with Gasteiger partial charge in [0, 0.05) is 28.2 Å². The van der Waals surface area contributed by atoms with Crippen LogP contribution in [-0.4, -0.2) is 23.3 Å². The van der Waals surface area contributed by atoms with E-state index in [1.807, 2.05) is 6.07 Å². The first kappa shape index (κ1) is 12.8. The fraction of sp³-hybridized carbons (Fsp3) is 0.357.